The summed E-state index contributed by atoms with van der Waals surface area (Å²) in [5.74, 6) is 0. The lowest BCUT2D eigenvalue weighted by Crippen LogP contribution is -2.24. The Hall–Kier alpha value is -2.44. The highest BCUT2D eigenvalue weighted by molar-refractivity contribution is 5.64. The average Bonchev–Trinajstić information content (AvgIpc) is 3.28. The topological polar surface area (TPSA) is 76.0 Å². The summed E-state index contributed by atoms with van der Waals surface area (Å²) in [4.78, 5) is 4.12. The third-order valence-electron chi connectivity index (χ3n) is 4.48. The van der Waals surface area contributed by atoms with Crippen molar-refractivity contribution in [3.63, 3.8) is 0 Å². The van der Waals surface area contributed by atoms with Crippen LogP contribution in [0.3, 0.4) is 0 Å². The fourth-order valence-electron chi connectivity index (χ4n) is 3.08. The first-order valence-electron chi connectivity index (χ1n) is 8.15. The van der Waals surface area contributed by atoms with Crippen molar-refractivity contribution in [1.82, 2.24) is 19.7 Å². The maximum Gasteiger partial charge on any atom is 0.0991 e. The molecule has 4 rings (SSSR count). The van der Waals surface area contributed by atoms with Gasteiger partial charge in [0.25, 0.3) is 0 Å². The molecule has 2 aromatic heterocycles. The van der Waals surface area contributed by atoms with Crippen LogP contribution >= 0.6 is 0 Å². The Labute approximate surface area is 140 Å². The molecule has 6 heteroatoms. The SMILES string of the molecule is Cc1ccc(-c2cc(C3CCC(O)CO3)[nH]n2)cc1-n1ccnc1. The number of hydrogen-bond acceptors (Lipinski definition) is 4. The lowest BCUT2D eigenvalue weighted by atomic mass is 10.0. The number of rotatable bonds is 3. The molecule has 0 bridgehead atoms. The quantitative estimate of drug-likeness (QED) is 0.777. The van der Waals surface area contributed by atoms with Crippen molar-refractivity contribution in [2.75, 3.05) is 6.61 Å². The van der Waals surface area contributed by atoms with Crippen molar-refractivity contribution >= 4 is 0 Å². The summed E-state index contributed by atoms with van der Waals surface area (Å²) in [6, 6.07) is 8.31. The van der Waals surface area contributed by atoms with E-state index in [2.05, 4.69) is 40.3 Å². The third-order valence-corrected chi connectivity index (χ3v) is 4.48. The lowest BCUT2D eigenvalue weighted by Gasteiger charge is -2.24. The molecule has 0 aliphatic carbocycles. The van der Waals surface area contributed by atoms with Gasteiger partial charge in [-0.1, -0.05) is 12.1 Å². The van der Waals surface area contributed by atoms with Gasteiger partial charge in [0.05, 0.1) is 42.2 Å². The molecule has 6 nitrogen and oxygen atoms in total. The van der Waals surface area contributed by atoms with Gasteiger partial charge in [-0.05, 0) is 37.5 Å². The van der Waals surface area contributed by atoms with Crippen LogP contribution in [0.15, 0.2) is 43.0 Å². The molecule has 2 unspecified atom stereocenters. The Morgan fingerprint density at radius 2 is 2.21 bits per heavy atom. The van der Waals surface area contributed by atoms with Gasteiger partial charge in [0, 0.05) is 18.0 Å². The van der Waals surface area contributed by atoms with Gasteiger partial charge in [0.1, 0.15) is 0 Å². The molecule has 1 aliphatic heterocycles. The number of aliphatic hydroxyl groups is 1. The average molecular weight is 324 g/mol. The van der Waals surface area contributed by atoms with Crippen LogP contribution in [0.5, 0.6) is 0 Å². The summed E-state index contributed by atoms with van der Waals surface area (Å²) in [5.41, 5.74) is 5.16. The number of nitrogens with zero attached hydrogens (tertiary/aromatic N) is 3. The molecule has 0 saturated carbocycles. The molecule has 1 aliphatic rings. The maximum absolute atomic E-state index is 9.55. The molecule has 124 valence electrons. The molecule has 1 aromatic carbocycles. The fraction of sp³-hybridized carbons (Fsp3) is 0.333. The standard InChI is InChI=1S/C18H20N4O2/c1-12-2-3-13(8-17(12)22-7-6-19-11-22)15-9-16(21-20-15)18-5-4-14(23)10-24-18/h2-3,6-9,11,14,18,23H,4-5,10H2,1H3,(H,20,21). The Balaban J connectivity index is 1.62. The highest BCUT2D eigenvalue weighted by Crippen LogP contribution is 2.30. The van der Waals surface area contributed by atoms with Crippen molar-refractivity contribution in [1.29, 1.82) is 0 Å². The molecule has 0 spiro atoms. The van der Waals surface area contributed by atoms with E-state index in [0.29, 0.717) is 6.61 Å². The van der Waals surface area contributed by atoms with Crippen molar-refractivity contribution < 1.29 is 9.84 Å². The normalized spacial score (nSPS) is 21.1. The molecule has 2 N–H and O–H groups in total. The number of imidazole rings is 1. The molecule has 24 heavy (non-hydrogen) atoms. The van der Waals surface area contributed by atoms with Gasteiger partial charge in [-0.3, -0.25) is 5.10 Å². The van der Waals surface area contributed by atoms with E-state index in [1.54, 1.807) is 12.5 Å². The van der Waals surface area contributed by atoms with Gasteiger partial charge in [-0.25, -0.2) is 4.98 Å². The van der Waals surface area contributed by atoms with E-state index >= 15 is 0 Å². The molecular weight excluding hydrogens is 304 g/mol. The summed E-state index contributed by atoms with van der Waals surface area (Å²) in [7, 11) is 0. The number of nitrogens with one attached hydrogen (secondary N) is 1. The van der Waals surface area contributed by atoms with Crippen LogP contribution < -0.4 is 0 Å². The first-order valence-corrected chi connectivity index (χ1v) is 8.15. The summed E-state index contributed by atoms with van der Waals surface area (Å²) >= 11 is 0. The number of aryl methyl sites for hydroxylation is 1. The van der Waals surface area contributed by atoms with Crippen molar-refractivity contribution in [2.45, 2.75) is 32.0 Å². The zero-order valence-electron chi connectivity index (χ0n) is 13.5. The van der Waals surface area contributed by atoms with E-state index in [1.165, 1.54) is 5.56 Å². The van der Waals surface area contributed by atoms with Gasteiger partial charge in [-0.15, -0.1) is 0 Å². The molecule has 0 amide bonds. The minimum Gasteiger partial charge on any atom is -0.391 e. The van der Waals surface area contributed by atoms with Gasteiger partial charge in [0.2, 0.25) is 0 Å². The molecule has 1 fully saturated rings. The van der Waals surface area contributed by atoms with Gasteiger partial charge in [-0.2, -0.15) is 5.10 Å². The zero-order valence-corrected chi connectivity index (χ0v) is 13.5. The summed E-state index contributed by atoms with van der Waals surface area (Å²) in [5, 5.41) is 17.1. The molecule has 1 saturated heterocycles. The number of aromatic amines is 1. The molecule has 3 aromatic rings. The van der Waals surface area contributed by atoms with Gasteiger partial charge in [0.15, 0.2) is 0 Å². The second-order valence-corrected chi connectivity index (χ2v) is 6.23. The highest BCUT2D eigenvalue weighted by Gasteiger charge is 2.23. The predicted molar refractivity (Wildman–Crippen MR) is 89.8 cm³/mol. The predicted octanol–water partition coefficient (Wildman–Crippen LogP) is 2.78. The van der Waals surface area contributed by atoms with Crippen molar-refractivity contribution in [2.24, 2.45) is 0 Å². The zero-order chi connectivity index (χ0) is 16.5. The van der Waals surface area contributed by atoms with Crippen LogP contribution in [0.1, 0.15) is 30.2 Å². The fourth-order valence-corrected chi connectivity index (χ4v) is 3.08. The summed E-state index contributed by atoms with van der Waals surface area (Å²) < 4.78 is 7.69. The Kier molecular flexibility index (Phi) is 3.92. The van der Waals surface area contributed by atoms with Crippen molar-refractivity contribution in [3.8, 4) is 16.9 Å². The monoisotopic (exact) mass is 324 g/mol. The smallest absolute Gasteiger partial charge is 0.0991 e. The number of aliphatic hydroxyl groups excluding tert-OH is 1. The first kappa shape index (κ1) is 15.1. The first-order chi connectivity index (χ1) is 11.7. The molecule has 3 heterocycles. The Morgan fingerprint density at radius 3 is 2.96 bits per heavy atom. The molecular formula is C18H20N4O2. The second kappa shape index (κ2) is 6.22. The van der Waals surface area contributed by atoms with E-state index in [-0.39, 0.29) is 12.2 Å². The minimum absolute atomic E-state index is 0.0202. The van der Waals surface area contributed by atoms with Crippen LogP contribution in [0.25, 0.3) is 16.9 Å². The summed E-state index contributed by atoms with van der Waals surface area (Å²) in [6.07, 6.45) is 6.69. The third kappa shape index (κ3) is 2.86. The number of ether oxygens (including phenoxy) is 1. The number of benzene rings is 1. The second-order valence-electron chi connectivity index (χ2n) is 6.23. The van der Waals surface area contributed by atoms with E-state index in [1.807, 2.05) is 16.8 Å². The number of hydrogen-bond donors (Lipinski definition) is 2. The molecule has 0 radical (unpaired) electrons. The summed E-state index contributed by atoms with van der Waals surface area (Å²) in [6.45, 7) is 2.46. The highest BCUT2D eigenvalue weighted by atomic mass is 16.5. The molecule has 2 atom stereocenters. The number of aromatic nitrogens is 4. The van der Waals surface area contributed by atoms with E-state index in [0.717, 1.165) is 35.5 Å². The lowest BCUT2D eigenvalue weighted by molar-refractivity contribution is -0.0584. The van der Waals surface area contributed by atoms with Crippen LogP contribution in [-0.2, 0) is 4.74 Å². The van der Waals surface area contributed by atoms with Crippen LogP contribution in [0.2, 0.25) is 0 Å². The Bertz CT molecular complexity index is 817. The van der Waals surface area contributed by atoms with Gasteiger partial charge >= 0.3 is 0 Å². The van der Waals surface area contributed by atoms with Crippen LogP contribution in [-0.4, -0.2) is 37.6 Å². The number of H-pyrrole nitrogens is 1. The van der Waals surface area contributed by atoms with Crippen LogP contribution in [0, 0.1) is 6.92 Å². The van der Waals surface area contributed by atoms with E-state index in [9.17, 15) is 5.11 Å². The van der Waals surface area contributed by atoms with Crippen molar-refractivity contribution in [3.05, 3.63) is 54.2 Å². The van der Waals surface area contributed by atoms with Gasteiger partial charge < -0.3 is 14.4 Å². The minimum atomic E-state index is -0.349. The Morgan fingerprint density at radius 1 is 1.29 bits per heavy atom. The van der Waals surface area contributed by atoms with E-state index < -0.39 is 0 Å². The maximum atomic E-state index is 9.55. The largest absolute Gasteiger partial charge is 0.391 e. The van der Waals surface area contributed by atoms with Crippen LogP contribution in [0.4, 0.5) is 0 Å². The van der Waals surface area contributed by atoms with E-state index in [4.69, 9.17) is 4.74 Å².